The van der Waals surface area contributed by atoms with Gasteiger partial charge in [0.25, 0.3) is 5.91 Å². The number of amides is 2. The van der Waals surface area contributed by atoms with E-state index in [1.807, 2.05) is 13.8 Å². The fourth-order valence-corrected chi connectivity index (χ4v) is 6.41. The molecule has 5 rings (SSSR count). The SMILES string of the molecule is C#C[C@@H]1CN(C(=O)[C@H](CC(C)C)NC(=O)c2ccc(-c3nc(N4CCN(C)CC4)sc3F)cc2)[C@@H]2C(=O)CO[C@H]12.Cl. The summed E-state index contributed by atoms with van der Waals surface area (Å²) >= 11 is 1.03. The van der Waals surface area contributed by atoms with Crippen molar-refractivity contribution in [1.29, 1.82) is 0 Å². The number of ether oxygens (including phenoxy) is 1. The molecule has 3 aliphatic heterocycles. The van der Waals surface area contributed by atoms with Gasteiger partial charge in [0.05, 0.1) is 5.92 Å². The first-order chi connectivity index (χ1) is 19.2. The number of likely N-dealkylation sites (tertiary alicyclic amines) is 1. The number of fused-ring (bicyclic) bond motifs is 1. The molecule has 1 aromatic carbocycles. The van der Waals surface area contributed by atoms with E-state index < -0.39 is 24.1 Å². The first-order valence-corrected chi connectivity index (χ1v) is 14.4. The molecule has 3 fully saturated rings. The Balaban J connectivity index is 0.00000387. The quantitative estimate of drug-likeness (QED) is 0.486. The van der Waals surface area contributed by atoms with Crippen molar-refractivity contribution in [2.75, 3.05) is 51.3 Å². The van der Waals surface area contributed by atoms with E-state index in [0.717, 1.165) is 37.5 Å². The Hall–Kier alpha value is -3.04. The molecule has 0 bridgehead atoms. The highest BCUT2D eigenvalue weighted by Gasteiger charge is 2.52. The van der Waals surface area contributed by atoms with Gasteiger partial charge in [0.2, 0.25) is 11.0 Å². The van der Waals surface area contributed by atoms with E-state index in [2.05, 4.69) is 33.1 Å². The molecule has 41 heavy (non-hydrogen) atoms. The van der Waals surface area contributed by atoms with Gasteiger partial charge in [0.15, 0.2) is 10.9 Å². The monoisotopic (exact) mass is 603 g/mol. The molecule has 220 valence electrons. The zero-order chi connectivity index (χ0) is 28.6. The highest BCUT2D eigenvalue weighted by atomic mass is 35.5. The lowest BCUT2D eigenvalue weighted by Crippen LogP contribution is -2.52. The third-order valence-corrected chi connectivity index (χ3v) is 8.67. The summed E-state index contributed by atoms with van der Waals surface area (Å²) in [5.74, 6) is 1.43. The molecule has 4 atom stereocenters. The molecule has 12 heteroatoms. The van der Waals surface area contributed by atoms with Crippen LogP contribution in [0.1, 0.15) is 30.6 Å². The number of rotatable bonds is 7. The molecular formula is C29H35ClFN5O4S. The predicted molar refractivity (Wildman–Crippen MR) is 158 cm³/mol. The van der Waals surface area contributed by atoms with Crippen molar-refractivity contribution in [3.8, 4) is 23.6 Å². The maximum Gasteiger partial charge on any atom is 0.251 e. The smallest absolute Gasteiger partial charge is 0.251 e. The van der Waals surface area contributed by atoms with Crippen molar-refractivity contribution in [2.45, 2.75) is 38.5 Å². The molecule has 0 saturated carbocycles. The Bertz CT molecular complexity index is 1320. The number of thiazole rings is 1. The van der Waals surface area contributed by atoms with Crippen molar-refractivity contribution in [1.82, 2.24) is 20.1 Å². The van der Waals surface area contributed by atoms with Gasteiger partial charge in [-0.2, -0.15) is 4.39 Å². The third kappa shape index (κ3) is 6.41. The first-order valence-electron chi connectivity index (χ1n) is 13.6. The fourth-order valence-electron chi connectivity index (χ4n) is 5.55. The molecule has 1 aromatic heterocycles. The topological polar surface area (TPSA) is 95.1 Å². The minimum Gasteiger partial charge on any atom is -0.366 e. The zero-order valence-electron chi connectivity index (χ0n) is 23.3. The second-order valence-corrected chi connectivity index (χ2v) is 12.0. The number of piperazine rings is 1. The average molecular weight is 604 g/mol. The van der Waals surface area contributed by atoms with Crippen molar-refractivity contribution in [3.63, 3.8) is 0 Å². The van der Waals surface area contributed by atoms with E-state index >= 15 is 0 Å². The minimum atomic E-state index is -0.833. The molecule has 0 unspecified atom stereocenters. The molecule has 0 aliphatic carbocycles. The number of halogens is 2. The summed E-state index contributed by atoms with van der Waals surface area (Å²) in [5, 5.41) is 3.14. The van der Waals surface area contributed by atoms with Crippen molar-refractivity contribution in [3.05, 3.63) is 35.0 Å². The summed E-state index contributed by atoms with van der Waals surface area (Å²) in [5.41, 5.74) is 1.17. The lowest BCUT2D eigenvalue weighted by molar-refractivity contribution is -0.138. The van der Waals surface area contributed by atoms with E-state index in [-0.39, 0.29) is 59.9 Å². The highest BCUT2D eigenvalue weighted by Crippen LogP contribution is 2.33. The van der Waals surface area contributed by atoms with Gasteiger partial charge in [-0.15, -0.1) is 18.8 Å². The van der Waals surface area contributed by atoms with Crippen LogP contribution in [0.15, 0.2) is 24.3 Å². The number of likely N-dealkylation sites (N-methyl/N-ethyl adjacent to an activating group) is 1. The van der Waals surface area contributed by atoms with E-state index in [0.29, 0.717) is 22.7 Å². The number of benzene rings is 1. The number of hydrogen-bond acceptors (Lipinski definition) is 8. The second kappa shape index (κ2) is 12.9. The summed E-state index contributed by atoms with van der Waals surface area (Å²) in [6.07, 6.45) is 5.53. The van der Waals surface area contributed by atoms with Crippen LogP contribution in [0.4, 0.5) is 9.52 Å². The molecule has 1 N–H and O–H groups in total. The van der Waals surface area contributed by atoms with Crippen LogP contribution in [0.25, 0.3) is 11.3 Å². The molecule has 0 radical (unpaired) electrons. The van der Waals surface area contributed by atoms with Gasteiger partial charge < -0.3 is 24.8 Å². The number of anilines is 1. The Labute approximate surface area is 249 Å². The maximum atomic E-state index is 14.8. The largest absolute Gasteiger partial charge is 0.366 e. The van der Waals surface area contributed by atoms with Gasteiger partial charge >= 0.3 is 0 Å². The number of aromatic nitrogens is 1. The van der Waals surface area contributed by atoms with Gasteiger partial charge in [0.1, 0.15) is 30.5 Å². The van der Waals surface area contributed by atoms with E-state index in [9.17, 15) is 18.8 Å². The molecular weight excluding hydrogens is 569 g/mol. The first kappa shape index (κ1) is 30.9. The van der Waals surface area contributed by atoms with Crippen LogP contribution in [-0.4, -0.2) is 96.9 Å². The van der Waals surface area contributed by atoms with Gasteiger partial charge in [-0.3, -0.25) is 14.4 Å². The van der Waals surface area contributed by atoms with Gasteiger partial charge in [-0.25, -0.2) is 4.98 Å². The Morgan fingerprint density at radius 1 is 1.22 bits per heavy atom. The van der Waals surface area contributed by atoms with Gasteiger partial charge in [0, 0.05) is 43.9 Å². The predicted octanol–water partition coefficient (Wildman–Crippen LogP) is 2.70. The standard InChI is InChI=1S/C29H34FN5O4S.ClH/c1-5-18-15-35(24-22(36)16-39-25(18)24)28(38)21(14-17(2)3)31-27(37)20-8-6-19(7-9-20)23-26(30)40-29(32-23)34-12-10-33(4)11-13-34;/h1,6-9,17-18,21,24-25H,10-16H2,2-4H3,(H,31,37);1H/t18-,21+,24-,25-;/m1./s1. The zero-order valence-corrected chi connectivity index (χ0v) is 25.0. The number of hydrogen-bond donors (Lipinski definition) is 1. The Morgan fingerprint density at radius 3 is 2.54 bits per heavy atom. The number of terminal acetylenes is 1. The summed E-state index contributed by atoms with van der Waals surface area (Å²) in [7, 11) is 2.06. The second-order valence-electron chi connectivity index (χ2n) is 11.1. The number of nitrogens with one attached hydrogen (secondary N) is 1. The van der Waals surface area contributed by atoms with Gasteiger partial charge in [-0.05, 0) is 31.5 Å². The van der Waals surface area contributed by atoms with Gasteiger partial charge in [-0.1, -0.05) is 43.2 Å². The lowest BCUT2D eigenvalue weighted by atomic mass is 10.0. The van der Waals surface area contributed by atoms with Crippen LogP contribution in [0.3, 0.4) is 0 Å². The van der Waals surface area contributed by atoms with E-state index in [4.69, 9.17) is 11.2 Å². The van der Waals surface area contributed by atoms with Crippen molar-refractivity contribution < 1.29 is 23.5 Å². The van der Waals surface area contributed by atoms with E-state index in [1.54, 1.807) is 24.3 Å². The summed E-state index contributed by atoms with van der Waals surface area (Å²) < 4.78 is 20.4. The van der Waals surface area contributed by atoms with Crippen molar-refractivity contribution in [2.24, 2.45) is 11.8 Å². The average Bonchev–Trinajstić information content (AvgIpc) is 3.62. The minimum absolute atomic E-state index is 0. The summed E-state index contributed by atoms with van der Waals surface area (Å²) in [6.45, 7) is 7.44. The number of carbonyl (C=O) groups is 3. The van der Waals surface area contributed by atoms with E-state index in [1.165, 1.54) is 4.90 Å². The van der Waals surface area contributed by atoms with Crippen LogP contribution < -0.4 is 10.2 Å². The molecule has 3 aliphatic rings. The molecule has 0 spiro atoms. The van der Waals surface area contributed by atoms with Crippen LogP contribution in [-0.2, 0) is 14.3 Å². The van der Waals surface area contributed by atoms with Crippen LogP contribution in [0.5, 0.6) is 0 Å². The highest BCUT2D eigenvalue weighted by molar-refractivity contribution is 7.14. The lowest BCUT2D eigenvalue weighted by Gasteiger charge is -2.31. The number of Topliss-reactive ketones (excluding diaryl/α,β-unsaturated/α-hetero) is 1. The van der Waals surface area contributed by atoms with Crippen LogP contribution >= 0.6 is 23.7 Å². The molecule has 3 saturated heterocycles. The summed E-state index contributed by atoms with van der Waals surface area (Å²) in [4.78, 5) is 49.6. The third-order valence-electron chi connectivity index (χ3n) is 7.76. The summed E-state index contributed by atoms with van der Waals surface area (Å²) in [6, 6.07) is 4.98. The molecule has 2 aromatic rings. The van der Waals surface area contributed by atoms with Crippen LogP contribution in [0, 0.1) is 29.3 Å². The maximum absolute atomic E-state index is 14.8. The number of carbonyl (C=O) groups excluding carboxylic acids is 3. The molecule has 2 amide bonds. The fraction of sp³-hybridized carbons (Fsp3) is 0.517. The normalized spacial score (nSPS) is 23.2. The Morgan fingerprint density at radius 2 is 1.90 bits per heavy atom. The molecule has 9 nitrogen and oxygen atoms in total. The molecule has 4 heterocycles. The number of nitrogens with zero attached hydrogens (tertiary/aromatic N) is 4. The van der Waals surface area contributed by atoms with Crippen LogP contribution in [0.2, 0.25) is 0 Å². The number of ketones is 1. The Kier molecular flexibility index (Phi) is 9.70. The van der Waals surface area contributed by atoms with Crippen molar-refractivity contribution >= 4 is 46.5 Å².